The molecule has 3 aromatic carbocycles. The number of aliphatic imine (C=N–C) groups is 1. The van der Waals surface area contributed by atoms with Crippen LogP contribution in [0.1, 0.15) is 59.1 Å². The molecule has 0 unspecified atom stereocenters. The first-order chi connectivity index (χ1) is 19.6. The molecule has 41 heavy (non-hydrogen) atoms. The number of nitrogens with one attached hydrogen (secondary N) is 1. The fourth-order valence-corrected chi connectivity index (χ4v) is 6.86. The second kappa shape index (κ2) is 12.5. The lowest BCUT2D eigenvalue weighted by molar-refractivity contribution is 0.102. The lowest BCUT2D eigenvalue weighted by Crippen LogP contribution is -2.27. The molecule has 1 amide bonds. The number of carbonyl (C=O) groups excluding carboxylic acids is 1. The van der Waals surface area contributed by atoms with Crippen LogP contribution in [0.3, 0.4) is 0 Å². The largest absolute Gasteiger partial charge is 0.488 e. The molecule has 0 spiro atoms. The Morgan fingerprint density at radius 2 is 1.88 bits per heavy atom. The van der Waals surface area contributed by atoms with E-state index >= 15 is 0 Å². The molecule has 1 aliphatic rings. The van der Waals surface area contributed by atoms with Crippen LogP contribution < -0.4 is 10.1 Å². The smallest absolute Gasteiger partial charge is 0.259 e. The van der Waals surface area contributed by atoms with Gasteiger partial charge >= 0.3 is 0 Å². The van der Waals surface area contributed by atoms with E-state index in [4.69, 9.17) is 21.3 Å². The van der Waals surface area contributed by atoms with E-state index in [0.29, 0.717) is 39.5 Å². The summed E-state index contributed by atoms with van der Waals surface area (Å²) >= 11 is 11.2. The number of ether oxygens (including phenoxy) is 1. The van der Waals surface area contributed by atoms with Crippen molar-refractivity contribution in [3.05, 3.63) is 109 Å². The van der Waals surface area contributed by atoms with Crippen molar-refractivity contribution in [2.75, 3.05) is 5.32 Å². The van der Waals surface area contributed by atoms with Crippen LogP contribution in [0.2, 0.25) is 5.02 Å². The molecule has 0 fully saturated rings. The number of amides is 1. The number of carbonyl (C=O) groups is 1. The fraction of sp³-hybridized carbons (Fsp3) is 0.273. The quantitative estimate of drug-likeness (QED) is 0.202. The summed E-state index contributed by atoms with van der Waals surface area (Å²) in [5.41, 5.74) is 4.40. The molecule has 4 nitrogen and oxygen atoms in total. The molecule has 1 aromatic heterocycles. The Hall–Kier alpha value is -3.00. The van der Waals surface area contributed by atoms with Gasteiger partial charge in [0.25, 0.3) is 5.91 Å². The second-order valence-electron chi connectivity index (χ2n) is 11.3. The summed E-state index contributed by atoms with van der Waals surface area (Å²) in [6.45, 7) is 7.19. The number of benzene rings is 3. The zero-order chi connectivity index (χ0) is 29.1. The Morgan fingerprint density at radius 1 is 1.15 bits per heavy atom. The minimum Gasteiger partial charge on any atom is -0.488 e. The van der Waals surface area contributed by atoms with E-state index in [-0.39, 0.29) is 17.1 Å². The highest BCUT2D eigenvalue weighted by Crippen LogP contribution is 2.45. The number of halogens is 3. The van der Waals surface area contributed by atoms with Gasteiger partial charge in [0.15, 0.2) is 0 Å². The summed E-state index contributed by atoms with van der Waals surface area (Å²) in [5.74, 6) is 0.798. The number of fused-ring (bicyclic) bond motifs is 1. The normalized spacial score (nSPS) is 15.1. The molecular formula is C33H31BrClFN2O2S. The Balaban J connectivity index is 1.39. The molecule has 4 aromatic rings. The molecule has 5 rings (SSSR count). The fourth-order valence-electron chi connectivity index (χ4n) is 4.95. The molecule has 0 aliphatic heterocycles. The molecule has 1 atom stereocenters. The van der Waals surface area contributed by atoms with Crippen molar-refractivity contribution in [2.45, 2.75) is 46.6 Å². The van der Waals surface area contributed by atoms with E-state index in [2.05, 4.69) is 42.0 Å². The van der Waals surface area contributed by atoms with Gasteiger partial charge in [-0.15, -0.1) is 11.3 Å². The average molecular weight is 654 g/mol. The first kappa shape index (κ1) is 29.5. The summed E-state index contributed by atoms with van der Waals surface area (Å²) in [6.07, 6.45) is 4.64. The molecule has 0 saturated heterocycles. The van der Waals surface area contributed by atoms with Gasteiger partial charge in [-0.3, -0.25) is 4.79 Å². The third kappa shape index (κ3) is 7.26. The van der Waals surface area contributed by atoms with Gasteiger partial charge in [0, 0.05) is 21.8 Å². The molecule has 212 valence electrons. The summed E-state index contributed by atoms with van der Waals surface area (Å²) in [4.78, 5) is 19.7. The van der Waals surface area contributed by atoms with Gasteiger partial charge in [-0.1, -0.05) is 44.5 Å². The van der Waals surface area contributed by atoms with Crippen LogP contribution >= 0.6 is 38.9 Å². The van der Waals surface area contributed by atoms with Crippen LogP contribution in [0.15, 0.2) is 76.2 Å². The molecule has 0 radical (unpaired) electrons. The predicted octanol–water partition coefficient (Wildman–Crippen LogP) is 10.0. The van der Waals surface area contributed by atoms with Crippen molar-refractivity contribution in [3.8, 4) is 5.75 Å². The zero-order valence-electron chi connectivity index (χ0n) is 23.1. The molecule has 0 saturated carbocycles. The van der Waals surface area contributed by atoms with E-state index in [1.807, 2.05) is 18.2 Å². The molecular weight excluding hydrogens is 623 g/mol. The van der Waals surface area contributed by atoms with E-state index in [1.54, 1.807) is 53.9 Å². The number of rotatable bonds is 7. The number of hydrogen-bond donors (Lipinski definition) is 1. The van der Waals surface area contributed by atoms with Crippen LogP contribution in [0.5, 0.6) is 5.75 Å². The molecule has 8 heteroatoms. The standard InChI is InChI=1S/C33H31BrClFN2O2S/c1-33(2,3)22-7-14-26-29(17-22)41-32(30(26)31(39)38-25-12-8-23(35)9-13-25)37-18-21-6-15-28(27(34)16-21)40-19-20-4-10-24(36)11-5-20/h4-6,8-13,15-16,18,22H,7,14,17,19H2,1-3H3,(H,38,39)/t22-/m1/s1. The SMILES string of the molecule is CC(C)(C)[C@@H]1CCc2c(sc(N=Cc3ccc(OCc4ccc(F)cc4)c(Br)c3)c2C(=O)Nc2ccc(Cl)cc2)C1. The van der Waals surface area contributed by atoms with E-state index in [0.717, 1.165) is 40.4 Å². The van der Waals surface area contributed by atoms with Gasteiger partial charge in [-0.25, -0.2) is 9.38 Å². The van der Waals surface area contributed by atoms with Gasteiger partial charge in [-0.05, 0) is 118 Å². The molecule has 0 bridgehead atoms. The lowest BCUT2D eigenvalue weighted by atomic mass is 9.72. The first-order valence-corrected chi connectivity index (χ1v) is 15.5. The minimum atomic E-state index is -0.273. The highest BCUT2D eigenvalue weighted by Gasteiger charge is 2.33. The Morgan fingerprint density at radius 3 is 2.56 bits per heavy atom. The Bertz CT molecular complexity index is 1580. The zero-order valence-corrected chi connectivity index (χ0v) is 26.3. The van der Waals surface area contributed by atoms with Gasteiger partial charge < -0.3 is 10.1 Å². The van der Waals surface area contributed by atoms with Gasteiger partial charge in [0.2, 0.25) is 0 Å². The summed E-state index contributed by atoms with van der Waals surface area (Å²) in [5, 5.41) is 4.37. The van der Waals surface area contributed by atoms with Crippen molar-refractivity contribution in [2.24, 2.45) is 16.3 Å². The van der Waals surface area contributed by atoms with Crippen LogP contribution in [-0.4, -0.2) is 12.1 Å². The maximum Gasteiger partial charge on any atom is 0.259 e. The van der Waals surface area contributed by atoms with Crippen molar-refractivity contribution >= 4 is 61.7 Å². The molecule has 1 aliphatic carbocycles. The maximum atomic E-state index is 13.6. The minimum absolute atomic E-state index is 0.156. The summed E-state index contributed by atoms with van der Waals surface area (Å²) in [7, 11) is 0. The average Bonchev–Trinajstić information content (AvgIpc) is 3.31. The van der Waals surface area contributed by atoms with Crippen molar-refractivity contribution in [3.63, 3.8) is 0 Å². The van der Waals surface area contributed by atoms with E-state index in [1.165, 1.54) is 17.0 Å². The Kier molecular flexibility index (Phi) is 8.97. The van der Waals surface area contributed by atoms with Crippen LogP contribution in [-0.2, 0) is 19.4 Å². The topological polar surface area (TPSA) is 50.7 Å². The summed E-state index contributed by atoms with van der Waals surface area (Å²) < 4.78 is 19.9. The predicted molar refractivity (Wildman–Crippen MR) is 171 cm³/mol. The number of nitrogens with zero attached hydrogens (tertiary/aromatic N) is 1. The number of thiophene rings is 1. The van der Waals surface area contributed by atoms with Crippen LogP contribution in [0.4, 0.5) is 15.1 Å². The van der Waals surface area contributed by atoms with Gasteiger partial charge in [0.05, 0.1) is 10.0 Å². The third-order valence-electron chi connectivity index (χ3n) is 7.40. The van der Waals surface area contributed by atoms with Crippen LogP contribution in [0, 0.1) is 17.2 Å². The molecule has 1 N–H and O–H groups in total. The summed E-state index contributed by atoms with van der Waals surface area (Å²) in [6, 6.07) is 19.1. The van der Waals surface area contributed by atoms with Gasteiger partial charge in [0.1, 0.15) is 23.2 Å². The number of hydrogen-bond acceptors (Lipinski definition) is 4. The first-order valence-electron chi connectivity index (χ1n) is 13.5. The third-order valence-corrected chi connectivity index (χ3v) is 9.43. The van der Waals surface area contributed by atoms with Gasteiger partial charge in [-0.2, -0.15) is 0 Å². The molecule has 1 heterocycles. The van der Waals surface area contributed by atoms with Crippen molar-refractivity contribution in [1.82, 2.24) is 0 Å². The van der Waals surface area contributed by atoms with E-state index < -0.39 is 0 Å². The highest BCUT2D eigenvalue weighted by molar-refractivity contribution is 9.10. The van der Waals surface area contributed by atoms with E-state index in [9.17, 15) is 9.18 Å². The Labute approximate surface area is 257 Å². The lowest BCUT2D eigenvalue weighted by Gasteiger charge is -2.33. The highest BCUT2D eigenvalue weighted by atomic mass is 79.9. The number of anilines is 1. The monoisotopic (exact) mass is 652 g/mol. The van der Waals surface area contributed by atoms with Crippen molar-refractivity contribution < 1.29 is 13.9 Å². The second-order valence-corrected chi connectivity index (χ2v) is 13.7. The maximum absolute atomic E-state index is 13.6. The van der Waals surface area contributed by atoms with Crippen molar-refractivity contribution in [1.29, 1.82) is 0 Å². The van der Waals surface area contributed by atoms with Crippen LogP contribution in [0.25, 0.3) is 0 Å².